The summed E-state index contributed by atoms with van der Waals surface area (Å²) in [7, 11) is 0. The molecule has 4 heteroatoms. The quantitative estimate of drug-likeness (QED) is 0.641. The standard InChI is InChI=1S/C9H18N2O2/c1-3-11(4-2)9(5-8(12)13)6-10-7-9/h10H,3-7H2,1-2H3,(H,12,13). The SMILES string of the molecule is CCN(CC)C1(CC(=O)O)CNC1. The molecule has 1 rings (SSSR count). The first-order chi connectivity index (χ1) is 6.14. The van der Waals surface area contributed by atoms with Gasteiger partial charge in [0.1, 0.15) is 0 Å². The first-order valence-electron chi connectivity index (χ1n) is 4.82. The Hall–Kier alpha value is -0.610. The second kappa shape index (κ2) is 4.07. The van der Waals surface area contributed by atoms with Crippen molar-refractivity contribution < 1.29 is 9.90 Å². The molecule has 0 radical (unpaired) electrons. The van der Waals surface area contributed by atoms with Crippen molar-refractivity contribution >= 4 is 5.97 Å². The number of likely N-dealkylation sites (N-methyl/N-ethyl adjacent to an activating group) is 1. The van der Waals surface area contributed by atoms with Gasteiger partial charge in [0.15, 0.2) is 0 Å². The molecular weight excluding hydrogens is 168 g/mol. The van der Waals surface area contributed by atoms with Crippen molar-refractivity contribution in [2.45, 2.75) is 25.8 Å². The van der Waals surface area contributed by atoms with Crippen molar-refractivity contribution in [3.63, 3.8) is 0 Å². The predicted molar refractivity (Wildman–Crippen MR) is 50.8 cm³/mol. The summed E-state index contributed by atoms with van der Waals surface area (Å²) < 4.78 is 0. The smallest absolute Gasteiger partial charge is 0.305 e. The van der Waals surface area contributed by atoms with E-state index in [2.05, 4.69) is 24.1 Å². The average molecular weight is 186 g/mol. The van der Waals surface area contributed by atoms with E-state index >= 15 is 0 Å². The van der Waals surface area contributed by atoms with E-state index in [4.69, 9.17) is 5.11 Å². The Bertz CT molecular complexity index is 186. The molecule has 0 aliphatic carbocycles. The third-order valence-corrected chi connectivity index (χ3v) is 2.82. The third kappa shape index (κ3) is 2.00. The molecule has 0 bridgehead atoms. The van der Waals surface area contributed by atoms with Crippen LogP contribution >= 0.6 is 0 Å². The van der Waals surface area contributed by atoms with Gasteiger partial charge in [-0.05, 0) is 13.1 Å². The molecule has 76 valence electrons. The zero-order valence-electron chi connectivity index (χ0n) is 8.34. The highest BCUT2D eigenvalue weighted by molar-refractivity contribution is 5.68. The number of hydrogen-bond donors (Lipinski definition) is 2. The number of carbonyl (C=O) groups is 1. The van der Waals surface area contributed by atoms with E-state index < -0.39 is 5.97 Å². The van der Waals surface area contributed by atoms with Crippen LogP contribution < -0.4 is 5.32 Å². The molecule has 0 atom stereocenters. The van der Waals surface area contributed by atoms with Gasteiger partial charge in [0.2, 0.25) is 0 Å². The zero-order chi connectivity index (χ0) is 9.90. The van der Waals surface area contributed by atoms with Gasteiger partial charge in [-0.1, -0.05) is 13.8 Å². The van der Waals surface area contributed by atoms with Crippen molar-refractivity contribution in [3.05, 3.63) is 0 Å². The minimum atomic E-state index is -0.701. The van der Waals surface area contributed by atoms with Crippen molar-refractivity contribution in [3.8, 4) is 0 Å². The van der Waals surface area contributed by atoms with Gasteiger partial charge >= 0.3 is 5.97 Å². The highest BCUT2D eigenvalue weighted by Crippen LogP contribution is 2.24. The van der Waals surface area contributed by atoms with Crippen LogP contribution in [0.3, 0.4) is 0 Å². The summed E-state index contributed by atoms with van der Waals surface area (Å²) in [5.41, 5.74) is -0.116. The number of hydrogen-bond acceptors (Lipinski definition) is 3. The van der Waals surface area contributed by atoms with Crippen LogP contribution in [0, 0.1) is 0 Å². The fraction of sp³-hybridized carbons (Fsp3) is 0.889. The minimum absolute atomic E-state index is 0.116. The normalized spacial score (nSPS) is 19.9. The second-order valence-electron chi connectivity index (χ2n) is 3.57. The van der Waals surface area contributed by atoms with Gasteiger partial charge in [-0.25, -0.2) is 0 Å². The molecule has 0 spiro atoms. The third-order valence-electron chi connectivity index (χ3n) is 2.82. The molecule has 0 saturated carbocycles. The lowest BCUT2D eigenvalue weighted by molar-refractivity contribution is -0.141. The predicted octanol–water partition coefficient (Wildman–Crippen LogP) is 0.145. The molecule has 13 heavy (non-hydrogen) atoms. The maximum atomic E-state index is 10.7. The molecule has 2 N–H and O–H groups in total. The lowest BCUT2D eigenvalue weighted by Crippen LogP contribution is -2.69. The summed E-state index contributed by atoms with van der Waals surface area (Å²) in [5, 5.41) is 12.0. The van der Waals surface area contributed by atoms with Gasteiger partial charge in [-0.3, -0.25) is 9.69 Å². The minimum Gasteiger partial charge on any atom is -0.481 e. The Kier molecular flexibility index (Phi) is 3.27. The first kappa shape index (κ1) is 10.5. The zero-order valence-corrected chi connectivity index (χ0v) is 8.34. The van der Waals surface area contributed by atoms with Gasteiger partial charge in [-0.2, -0.15) is 0 Å². The maximum absolute atomic E-state index is 10.7. The van der Waals surface area contributed by atoms with Gasteiger partial charge in [0.25, 0.3) is 0 Å². The van der Waals surface area contributed by atoms with Crippen molar-refractivity contribution in [2.24, 2.45) is 0 Å². The topological polar surface area (TPSA) is 52.6 Å². The first-order valence-corrected chi connectivity index (χ1v) is 4.82. The van der Waals surface area contributed by atoms with Crippen LogP contribution in [0.1, 0.15) is 20.3 Å². The summed E-state index contributed by atoms with van der Waals surface area (Å²) in [6, 6.07) is 0. The molecule has 0 amide bonds. The Labute approximate surface area is 78.9 Å². The summed E-state index contributed by atoms with van der Waals surface area (Å²) in [5.74, 6) is -0.701. The van der Waals surface area contributed by atoms with Crippen LogP contribution in [-0.4, -0.2) is 47.7 Å². The van der Waals surface area contributed by atoms with Gasteiger partial charge in [0, 0.05) is 13.1 Å². The Morgan fingerprint density at radius 3 is 2.23 bits per heavy atom. The molecule has 1 aliphatic rings. The molecule has 1 saturated heterocycles. The van der Waals surface area contributed by atoms with Crippen LogP contribution in [-0.2, 0) is 4.79 Å². The Balaban J connectivity index is 2.61. The molecule has 1 heterocycles. The maximum Gasteiger partial charge on any atom is 0.305 e. The van der Waals surface area contributed by atoms with Gasteiger partial charge < -0.3 is 10.4 Å². The molecule has 0 aromatic carbocycles. The molecule has 0 aromatic rings. The second-order valence-corrected chi connectivity index (χ2v) is 3.57. The molecule has 1 aliphatic heterocycles. The summed E-state index contributed by atoms with van der Waals surface area (Å²) in [6.45, 7) is 7.61. The van der Waals surface area contributed by atoms with E-state index in [1.807, 2.05) is 0 Å². The van der Waals surface area contributed by atoms with Gasteiger partial charge in [0.05, 0.1) is 12.0 Å². The molecular formula is C9H18N2O2. The number of carboxylic acid groups (broad SMARTS) is 1. The van der Waals surface area contributed by atoms with E-state index in [9.17, 15) is 4.79 Å². The summed E-state index contributed by atoms with van der Waals surface area (Å²) >= 11 is 0. The highest BCUT2D eigenvalue weighted by atomic mass is 16.4. The van der Waals surface area contributed by atoms with E-state index in [0.29, 0.717) is 0 Å². The van der Waals surface area contributed by atoms with Crippen LogP contribution in [0.4, 0.5) is 0 Å². The number of nitrogens with one attached hydrogen (secondary N) is 1. The lowest BCUT2D eigenvalue weighted by Gasteiger charge is -2.49. The number of rotatable bonds is 5. The number of aliphatic carboxylic acids is 1. The van der Waals surface area contributed by atoms with Crippen molar-refractivity contribution in [2.75, 3.05) is 26.2 Å². The fourth-order valence-electron chi connectivity index (χ4n) is 2.05. The van der Waals surface area contributed by atoms with E-state index in [-0.39, 0.29) is 12.0 Å². The Morgan fingerprint density at radius 1 is 1.46 bits per heavy atom. The molecule has 1 fully saturated rings. The largest absolute Gasteiger partial charge is 0.481 e. The highest BCUT2D eigenvalue weighted by Gasteiger charge is 2.42. The fourth-order valence-corrected chi connectivity index (χ4v) is 2.05. The van der Waals surface area contributed by atoms with Crippen LogP contribution in [0.5, 0.6) is 0 Å². The number of nitrogens with zero attached hydrogens (tertiary/aromatic N) is 1. The monoisotopic (exact) mass is 186 g/mol. The van der Waals surface area contributed by atoms with Crippen LogP contribution in [0.25, 0.3) is 0 Å². The molecule has 0 unspecified atom stereocenters. The van der Waals surface area contributed by atoms with Crippen LogP contribution in [0.2, 0.25) is 0 Å². The average Bonchev–Trinajstić information content (AvgIpc) is 2.01. The van der Waals surface area contributed by atoms with E-state index in [0.717, 1.165) is 26.2 Å². The molecule has 0 aromatic heterocycles. The Morgan fingerprint density at radius 2 is 2.00 bits per heavy atom. The lowest BCUT2D eigenvalue weighted by atomic mass is 9.86. The summed E-state index contributed by atoms with van der Waals surface area (Å²) in [4.78, 5) is 12.9. The van der Waals surface area contributed by atoms with Crippen molar-refractivity contribution in [1.29, 1.82) is 0 Å². The molecule has 4 nitrogen and oxygen atoms in total. The summed E-state index contributed by atoms with van der Waals surface area (Å²) in [6.07, 6.45) is 0.252. The van der Waals surface area contributed by atoms with Crippen LogP contribution in [0.15, 0.2) is 0 Å². The van der Waals surface area contributed by atoms with Crippen molar-refractivity contribution in [1.82, 2.24) is 10.2 Å². The van der Waals surface area contributed by atoms with Gasteiger partial charge in [-0.15, -0.1) is 0 Å². The van der Waals surface area contributed by atoms with E-state index in [1.165, 1.54) is 0 Å². The van der Waals surface area contributed by atoms with E-state index in [1.54, 1.807) is 0 Å². The number of carboxylic acids is 1.